The third-order valence-corrected chi connectivity index (χ3v) is 1.99. The molecule has 0 aromatic heterocycles. The average Bonchev–Trinajstić information content (AvgIpc) is 2.28. The van der Waals surface area contributed by atoms with Crippen molar-refractivity contribution in [2.75, 3.05) is 13.7 Å². The van der Waals surface area contributed by atoms with Crippen LogP contribution in [-0.4, -0.2) is 13.7 Å². The van der Waals surface area contributed by atoms with Crippen LogP contribution in [0.4, 0.5) is 0 Å². The van der Waals surface area contributed by atoms with Crippen molar-refractivity contribution in [1.82, 2.24) is 0 Å². The van der Waals surface area contributed by atoms with Crippen LogP contribution in [0.2, 0.25) is 0 Å². The van der Waals surface area contributed by atoms with Gasteiger partial charge in [0.05, 0.1) is 7.11 Å². The summed E-state index contributed by atoms with van der Waals surface area (Å²) in [6, 6.07) is 5.78. The zero-order valence-corrected chi connectivity index (χ0v) is 9.03. The van der Waals surface area contributed by atoms with Crippen molar-refractivity contribution in [3.63, 3.8) is 0 Å². The maximum Gasteiger partial charge on any atom is 0.126 e. The molecular formula is C13H16O2. The number of hydrogen-bond acceptors (Lipinski definition) is 2. The largest absolute Gasteiger partial charge is 0.496 e. The molecule has 1 aromatic carbocycles. The van der Waals surface area contributed by atoms with Gasteiger partial charge in [-0.3, -0.25) is 0 Å². The van der Waals surface area contributed by atoms with Gasteiger partial charge >= 0.3 is 0 Å². The third-order valence-electron chi connectivity index (χ3n) is 1.99. The molecule has 1 rings (SSSR count). The normalized spacial score (nSPS) is 9.40. The van der Waals surface area contributed by atoms with Gasteiger partial charge in [0, 0.05) is 6.07 Å². The zero-order valence-electron chi connectivity index (χ0n) is 9.03. The summed E-state index contributed by atoms with van der Waals surface area (Å²) >= 11 is 0. The fraction of sp³-hybridized carbons (Fsp3) is 0.231. The molecule has 0 saturated heterocycles. The lowest BCUT2D eigenvalue weighted by Crippen LogP contribution is -1.95. The first kappa shape index (κ1) is 11.4. The van der Waals surface area contributed by atoms with Gasteiger partial charge in [-0.05, 0) is 18.1 Å². The van der Waals surface area contributed by atoms with Crippen molar-refractivity contribution in [1.29, 1.82) is 0 Å². The number of methoxy groups -OCH3 is 1. The smallest absolute Gasteiger partial charge is 0.126 e. The summed E-state index contributed by atoms with van der Waals surface area (Å²) < 4.78 is 10.7. The molecule has 2 heteroatoms. The van der Waals surface area contributed by atoms with E-state index in [1.54, 1.807) is 13.2 Å². The number of ether oxygens (including phenoxy) is 2. The quantitative estimate of drug-likeness (QED) is 0.663. The van der Waals surface area contributed by atoms with Crippen LogP contribution in [0.5, 0.6) is 11.5 Å². The van der Waals surface area contributed by atoms with Gasteiger partial charge in [-0.2, -0.15) is 0 Å². The maximum absolute atomic E-state index is 5.41. The maximum atomic E-state index is 5.41. The molecule has 0 bridgehead atoms. The van der Waals surface area contributed by atoms with E-state index in [4.69, 9.17) is 9.47 Å². The highest BCUT2D eigenvalue weighted by Crippen LogP contribution is 2.25. The lowest BCUT2D eigenvalue weighted by atomic mass is 10.1. The summed E-state index contributed by atoms with van der Waals surface area (Å²) in [5, 5.41) is 0. The van der Waals surface area contributed by atoms with Gasteiger partial charge in [-0.25, -0.2) is 0 Å². The molecule has 0 aliphatic carbocycles. The van der Waals surface area contributed by atoms with Crippen LogP contribution >= 0.6 is 0 Å². The Balaban J connectivity index is 2.85. The highest BCUT2D eigenvalue weighted by molar-refractivity contribution is 5.41. The van der Waals surface area contributed by atoms with E-state index in [1.165, 1.54) is 0 Å². The summed E-state index contributed by atoms with van der Waals surface area (Å²) in [7, 11) is 1.65. The van der Waals surface area contributed by atoms with Crippen molar-refractivity contribution in [2.45, 2.75) is 6.42 Å². The molecular weight excluding hydrogens is 188 g/mol. The van der Waals surface area contributed by atoms with E-state index in [-0.39, 0.29) is 0 Å². The standard InChI is InChI=1S/C13H16O2/c1-4-6-11-7-8-12(15-9-5-2)10-13(11)14-3/h4-5,7-8,10H,1-2,6,9H2,3H3. The van der Waals surface area contributed by atoms with Crippen LogP contribution < -0.4 is 9.47 Å². The van der Waals surface area contributed by atoms with E-state index in [2.05, 4.69) is 13.2 Å². The first-order chi connectivity index (χ1) is 7.31. The second kappa shape index (κ2) is 5.91. The van der Waals surface area contributed by atoms with Crippen molar-refractivity contribution in [3.8, 4) is 11.5 Å². The monoisotopic (exact) mass is 204 g/mol. The lowest BCUT2D eigenvalue weighted by molar-refractivity contribution is 0.356. The minimum atomic E-state index is 0.504. The van der Waals surface area contributed by atoms with Crippen molar-refractivity contribution >= 4 is 0 Å². The molecule has 0 heterocycles. The van der Waals surface area contributed by atoms with Crippen molar-refractivity contribution in [3.05, 3.63) is 49.1 Å². The number of rotatable bonds is 6. The topological polar surface area (TPSA) is 18.5 Å². The molecule has 1 aromatic rings. The fourth-order valence-corrected chi connectivity index (χ4v) is 1.29. The Bertz CT molecular complexity index is 342. The molecule has 0 fully saturated rings. The van der Waals surface area contributed by atoms with Crippen LogP contribution in [0.15, 0.2) is 43.5 Å². The molecule has 80 valence electrons. The highest BCUT2D eigenvalue weighted by Gasteiger charge is 2.03. The predicted molar refractivity (Wildman–Crippen MR) is 62.6 cm³/mol. The summed E-state index contributed by atoms with van der Waals surface area (Å²) in [5.41, 5.74) is 1.11. The first-order valence-electron chi connectivity index (χ1n) is 4.83. The molecule has 0 aliphatic heterocycles. The van der Waals surface area contributed by atoms with Gasteiger partial charge in [-0.1, -0.05) is 24.8 Å². The Hall–Kier alpha value is -1.70. The summed E-state index contributed by atoms with van der Waals surface area (Å²) in [6.45, 7) is 7.80. The van der Waals surface area contributed by atoms with Crippen molar-refractivity contribution in [2.24, 2.45) is 0 Å². The SMILES string of the molecule is C=CCOc1ccc(CC=C)c(OC)c1. The fourth-order valence-electron chi connectivity index (χ4n) is 1.29. The lowest BCUT2D eigenvalue weighted by Gasteiger charge is -2.09. The van der Waals surface area contributed by atoms with Gasteiger partial charge in [0.2, 0.25) is 0 Å². The predicted octanol–water partition coefficient (Wildman–Crippen LogP) is 2.99. The number of benzene rings is 1. The van der Waals surface area contributed by atoms with E-state index in [0.717, 1.165) is 23.5 Å². The van der Waals surface area contributed by atoms with E-state index in [9.17, 15) is 0 Å². The minimum Gasteiger partial charge on any atom is -0.496 e. The zero-order chi connectivity index (χ0) is 11.1. The Kier molecular flexibility index (Phi) is 4.48. The van der Waals surface area contributed by atoms with Gasteiger partial charge in [0.25, 0.3) is 0 Å². The summed E-state index contributed by atoms with van der Waals surface area (Å²) in [4.78, 5) is 0. The molecule has 0 saturated carbocycles. The van der Waals surface area contributed by atoms with Crippen LogP contribution in [0.25, 0.3) is 0 Å². The van der Waals surface area contributed by atoms with Gasteiger partial charge in [0.15, 0.2) is 0 Å². The van der Waals surface area contributed by atoms with Gasteiger partial charge in [0.1, 0.15) is 18.1 Å². The third kappa shape index (κ3) is 3.17. The molecule has 0 unspecified atom stereocenters. The van der Waals surface area contributed by atoms with Crippen LogP contribution in [0.3, 0.4) is 0 Å². The molecule has 2 nitrogen and oxygen atoms in total. The summed E-state index contributed by atoms with van der Waals surface area (Å²) in [6.07, 6.45) is 4.36. The molecule has 0 atom stereocenters. The van der Waals surface area contributed by atoms with Gasteiger partial charge in [-0.15, -0.1) is 6.58 Å². The second-order valence-electron chi connectivity index (χ2n) is 3.07. The van der Waals surface area contributed by atoms with E-state index in [1.807, 2.05) is 24.3 Å². The molecule has 0 amide bonds. The number of hydrogen-bond donors (Lipinski definition) is 0. The van der Waals surface area contributed by atoms with E-state index >= 15 is 0 Å². The molecule has 15 heavy (non-hydrogen) atoms. The van der Waals surface area contributed by atoms with Crippen LogP contribution in [-0.2, 0) is 6.42 Å². The van der Waals surface area contributed by atoms with Crippen LogP contribution in [0.1, 0.15) is 5.56 Å². The molecule has 0 N–H and O–H groups in total. The summed E-state index contributed by atoms with van der Waals surface area (Å²) in [5.74, 6) is 1.62. The average molecular weight is 204 g/mol. The second-order valence-corrected chi connectivity index (χ2v) is 3.07. The number of allylic oxidation sites excluding steroid dienone is 1. The Morgan fingerprint density at radius 1 is 1.27 bits per heavy atom. The van der Waals surface area contributed by atoms with E-state index in [0.29, 0.717) is 6.61 Å². The Labute approximate surface area is 90.8 Å². The Morgan fingerprint density at radius 2 is 2.07 bits per heavy atom. The minimum absolute atomic E-state index is 0.504. The van der Waals surface area contributed by atoms with Crippen molar-refractivity contribution < 1.29 is 9.47 Å². The van der Waals surface area contributed by atoms with E-state index < -0.39 is 0 Å². The van der Waals surface area contributed by atoms with Gasteiger partial charge < -0.3 is 9.47 Å². The Morgan fingerprint density at radius 3 is 2.67 bits per heavy atom. The first-order valence-corrected chi connectivity index (χ1v) is 4.83. The van der Waals surface area contributed by atoms with Crippen LogP contribution in [0, 0.1) is 0 Å². The highest BCUT2D eigenvalue weighted by atomic mass is 16.5. The molecule has 0 aliphatic rings. The molecule has 0 spiro atoms. The molecule has 0 radical (unpaired) electrons.